The smallest absolute Gasteiger partial charge is 0.271 e. The topological polar surface area (TPSA) is 101 Å². The molecule has 1 saturated carbocycles. The lowest BCUT2D eigenvalue weighted by atomic mass is 10.3. The summed E-state index contributed by atoms with van der Waals surface area (Å²) in [4.78, 5) is 10.3. The van der Waals surface area contributed by atoms with Crippen molar-refractivity contribution in [1.29, 1.82) is 0 Å². The van der Waals surface area contributed by atoms with Gasteiger partial charge in [-0.1, -0.05) is 12.8 Å². The first-order chi connectivity index (χ1) is 9.94. The Morgan fingerprint density at radius 2 is 2.10 bits per heavy atom. The lowest BCUT2D eigenvalue weighted by molar-refractivity contribution is -0.384. The maximum atomic E-state index is 12.3. The fraction of sp³-hybridized carbons (Fsp3) is 0.538. The van der Waals surface area contributed by atoms with E-state index >= 15 is 0 Å². The van der Waals surface area contributed by atoms with Crippen molar-refractivity contribution >= 4 is 21.4 Å². The highest BCUT2D eigenvalue weighted by atomic mass is 32.2. The fourth-order valence-corrected chi connectivity index (χ4v) is 3.29. The number of sulfonamides is 1. The summed E-state index contributed by atoms with van der Waals surface area (Å²) in [5.74, 6) is 0.637. The summed E-state index contributed by atoms with van der Waals surface area (Å²) in [5.41, 5.74) is 0.119. The van der Waals surface area contributed by atoms with E-state index in [1.54, 1.807) is 6.92 Å². The molecule has 1 aliphatic carbocycles. The van der Waals surface area contributed by atoms with Crippen molar-refractivity contribution in [2.24, 2.45) is 5.92 Å². The van der Waals surface area contributed by atoms with Crippen LogP contribution in [0.4, 0.5) is 11.4 Å². The maximum absolute atomic E-state index is 12.3. The first-order valence-corrected chi connectivity index (χ1v) is 8.44. The van der Waals surface area contributed by atoms with Crippen LogP contribution in [0.25, 0.3) is 0 Å². The number of rotatable bonds is 8. The molecule has 8 heteroatoms. The van der Waals surface area contributed by atoms with E-state index in [1.807, 2.05) is 0 Å². The summed E-state index contributed by atoms with van der Waals surface area (Å²) < 4.78 is 27.1. The lowest BCUT2D eigenvalue weighted by Crippen LogP contribution is -2.26. The molecule has 0 amide bonds. The molecule has 1 aliphatic rings. The van der Waals surface area contributed by atoms with Gasteiger partial charge in [0.1, 0.15) is 4.90 Å². The molecule has 2 N–H and O–H groups in total. The Bertz CT molecular complexity index is 626. The van der Waals surface area contributed by atoms with Crippen LogP contribution in [0.15, 0.2) is 23.1 Å². The molecule has 116 valence electrons. The number of hydrogen-bond donors (Lipinski definition) is 2. The van der Waals surface area contributed by atoms with Gasteiger partial charge in [0, 0.05) is 25.2 Å². The number of benzene rings is 1. The lowest BCUT2D eigenvalue weighted by Gasteiger charge is -2.12. The van der Waals surface area contributed by atoms with Crippen LogP contribution in [0.3, 0.4) is 0 Å². The molecule has 2 rings (SSSR count). The molecule has 0 aliphatic heterocycles. The van der Waals surface area contributed by atoms with Gasteiger partial charge < -0.3 is 5.32 Å². The molecule has 1 aromatic carbocycles. The zero-order valence-electron chi connectivity index (χ0n) is 11.8. The SMILES string of the molecule is CCNc1cc([N+](=O)[O-])ccc1S(=O)(=O)NCCC1CC1. The Balaban J connectivity index is 2.20. The average molecular weight is 313 g/mol. The first-order valence-electron chi connectivity index (χ1n) is 6.96. The minimum absolute atomic E-state index is 0.0470. The largest absolute Gasteiger partial charge is 0.384 e. The van der Waals surface area contributed by atoms with Gasteiger partial charge >= 0.3 is 0 Å². The van der Waals surface area contributed by atoms with Gasteiger partial charge in [-0.15, -0.1) is 0 Å². The summed E-state index contributed by atoms with van der Waals surface area (Å²) in [5, 5.41) is 13.7. The molecular formula is C13H19N3O4S. The molecule has 0 atom stereocenters. The average Bonchev–Trinajstić information content (AvgIpc) is 3.22. The van der Waals surface area contributed by atoms with Gasteiger partial charge in [-0.25, -0.2) is 13.1 Å². The third-order valence-electron chi connectivity index (χ3n) is 3.37. The molecule has 0 radical (unpaired) electrons. The molecule has 0 saturated heterocycles. The van der Waals surface area contributed by atoms with Gasteiger partial charge in [0.25, 0.3) is 5.69 Å². The van der Waals surface area contributed by atoms with Crippen LogP contribution in [0.5, 0.6) is 0 Å². The van der Waals surface area contributed by atoms with Crippen molar-refractivity contribution in [2.75, 3.05) is 18.4 Å². The van der Waals surface area contributed by atoms with Crippen LogP contribution < -0.4 is 10.0 Å². The fourth-order valence-electron chi connectivity index (χ4n) is 2.08. The van der Waals surface area contributed by atoms with Crippen molar-refractivity contribution in [1.82, 2.24) is 4.72 Å². The highest BCUT2D eigenvalue weighted by Gasteiger charge is 2.24. The van der Waals surface area contributed by atoms with Crippen molar-refractivity contribution in [3.8, 4) is 0 Å². The number of nitro groups is 1. The van der Waals surface area contributed by atoms with Crippen LogP contribution in [-0.4, -0.2) is 26.4 Å². The molecule has 21 heavy (non-hydrogen) atoms. The Labute approximate surface area is 123 Å². The van der Waals surface area contributed by atoms with E-state index in [-0.39, 0.29) is 16.3 Å². The number of non-ortho nitro benzene ring substituents is 1. The zero-order chi connectivity index (χ0) is 15.5. The second kappa shape index (κ2) is 6.40. The van der Waals surface area contributed by atoms with E-state index in [0.29, 0.717) is 19.0 Å². The van der Waals surface area contributed by atoms with Gasteiger partial charge in [-0.05, 0) is 25.3 Å². The Morgan fingerprint density at radius 3 is 2.67 bits per heavy atom. The van der Waals surface area contributed by atoms with Crippen LogP contribution in [0.2, 0.25) is 0 Å². The molecule has 0 heterocycles. The Morgan fingerprint density at radius 1 is 1.38 bits per heavy atom. The van der Waals surface area contributed by atoms with Crippen LogP contribution in [0, 0.1) is 16.0 Å². The molecule has 0 bridgehead atoms. The minimum Gasteiger partial charge on any atom is -0.384 e. The predicted molar refractivity (Wildman–Crippen MR) is 79.8 cm³/mol. The van der Waals surface area contributed by atoms with E-state index < -0.39 is 14.9 Å². The summed E-state index contributed by atoms with van der Waals surface area (Å²) in [7, 11) is -3.66. The van der Waals surface area contributed by atoms with E-state index in [1.165, 1.54) is 31.0 Å². The van der Waals surface area contributed by atoms with E-state index in [4.69, 9.17) is 0 Å². The standard InChI is InChI=1S/C13H19N3O4S/c1-2-14-12-9-11(16(17)18)5-6-13(12)21(19,20)15-8-7-10-3-4-10/h5-6,9-10,14-15H,2-4,7-8H2,1H3. The monoisotopic (exact) mass is 313 g/mol. The molecular weight excluding hydrogens is 294 g/mol. The number of hydrogen-bond acceptors (Lipinski definition) is 5. The van der Waals surface area contributed by atoms with Crippen molar-refractivity contribution in [3.05, 3.63) is 28.3 Å². The highest BCUT2D eigenvalue weighted by Crippen LogP contribution is 2.32. The summed E-state index contributed by atoms with van der Waals surface area (Å²) in [6.07, 6.45) is 3.17. The Kier molecular flexibility index (Phi) is 4.79. The van der Waals surface area contributed by atoms with E-state index in [9.17, 15) is 18.5 Å². The summed E-state index contributed by atoms with van der Waals surface area (Å²) in [6, 6.07) is 3.73. The predicted octanol–water partition coefficient (Wildman–Crippen LogP) is 2.10. The molecule has 0 unspecified atom stereocenters. The van der Waals surface area contributed by atoms with Gasteiger partial charge in [0.05, 0.1) is 10.6 Å². The quantitative estimate of drug-likeness (QED) is 0.565. The Hall–Kier alpha value is -1.67. The second-order valence-corrected chi connectivity index (χ2v) is 6.83. The number of nitro benzene ring substituents is 1. The van der Waals surface area contributed by atoms with E-state index in [2.05, 4.69) is 10.0 Å². The minimum atomic E-state index is -3.66. The first kappa shape index (κ1) is 15.7. The number of nitrogens with zero attached hydrogens (tertiary/aromatic N) is 1. The number of nitrogens with one attached hydrogen (secondary N) is 2. The van der Waals surface area contributed by atoms with Crippen molar-refractivity contribution < 1.29 is 13.3 Å². The highest BCUT2D eigenvalue weighted by molar-refractivity contribution is 7.89. The van der Waals surface area contributed by atoms with Gasteiger partial charge in [0.15, 0.2) is 0 Å². The van der Waals surface area contributed by atoms with Gasteiger partial charge in [0.2, 0.25) is 10.0 Å². The molecule has 0 spiro atoms. The van der Waals surface area contributed by atoms with Crippen molar-refractivity contribution in [3.63, 3.8) is 0 Å². The van der Waals surface area contributed by atoms with Crippen LogP contribution in [0.1, 0.15) is 26.2 Å². The molecule has 1 aromatic rings. The molecule has 1 fully saturated rings. The van der Waals surface area contributed by atoms with Crippen molar-refractivity contribution in [2.45, 2.75) is 31.1 Å². The molecule has 0 aromatic heterocycles. The van der Waals surface area contributed by atoms with Crippen LogP contribution in [-0.2, 0) is 10.0 Å². The van der Waals surface area contributed by atoms with Gasteiger partial charge in [-0.3, -0.25) is 10.1 Å². The maximum Gasteiger partial charge on any atom is 0.271 e. The molecule has 7 nitrogen and oxygen atoms in total. The summed E-state index contributed by atoms with van der Waals surface area (Å²) >= 11 is 0. The number of anilines is 1. The normalized spacial score (nSPS) is 14.9. The van der Waals surface area contributed by atoms with Crippen LogP contribution >= 0.6 is 0 Å². The summed E-state index contributed by atoms with van der Waals surface area (Å²) in [6.45, 7) is 2.68. The third-order valence-corrected chi connectivity index (χ3v) is 4.89. The van der Waals surface area contributed by atoms with Gasteiger partial charge in [-0.2, -0.15) is 0 Å². The zero-order valence-corrected chi connectivity index (χ0v) is 12.6. The third kappa shape index (κ3) is 4.15. The second-order valence-electron chi connectivity index (χ2n) is 5.10. The van der Waals surface area contributed by atoms with E-state index in [0.717, 1.165) is 6.42 Å².